The molecular formula is C25H39NO. The molecule has 2 heteroatoms. The van der Waals surface area contributed by atoms with Gasteiger partial charge in [0.2, 0.25) is 0 Å². The number of hydrogen-bond acceptors (Lipinski definition) is 2. The first-order valence-corrected chi connectivity index (χ1v) is 11.2. The van der Waals surface area contributed by atoms with Gasteiger partial charge in [-0.25, -0.2) is 0 Å². The maximum atomic E-state index is 7.41. The molecule has 0 aromatic rings. The van der Waals surface area contributed by atoms with E-state index in [1.54, 1.807) is 5.57 Å². The molecule has 6 atom stereocenters. The summed E-state index contributed by atoms with van der Waals surface area (Å²) >= 11 is 0. The molecule has 0 aromatic carbocycles. The van der Waals surface area contributed by atoms with Gasteiger partial charge in [-0.1, -0.05) is 51.2 Å². The van der Waals surface area contributed by atoms with Crippen LogP contribution >= 0.6 is 0 Å². The Kier molecular flexibility index (Phi) is 4.65. The molecule has 6 unspecified atom stereocenters. The van der Waals surface area contributed by atoms with Crippen LogP contribution in [0.4, 0.5) is 0 Å². The van der Waals surface area contributed by atoms with E-state index < -0.39 is 0 Å². The molecule has 0 bridgehead atoms. The topological polar surface area (TPSA) is 35.2 Å². The molecule has 0 radical (unpaired) electrons. The zero-order valence-electron chi connectivity index (χ0n) is 17.8. The highest BCUT2D eigenvalue weighted by Crippen LogP contribution is 2.66. The highest BCUT2D eigenvalue weighted by molar-refractivity contribution is 5.30. The van der Waals surface area contributed by atoms with Gasteiger partial charge in [-0.2, -0.15) is 0 Å². The molecule has 3 fully saturated rings. The third-order valence-corrected chi connectivity index (χ3v) is 9.19. The summed E-state index contributed by atoms with van der Waals surface area (Å²) in [6.45, 7) is 15.5. The maximum absolute atomic E-state index is 7.41. The van der Waals surface area contributed by atoms with Gasteiger partial charge < -0.3 is 10.5 Å². The molecule has 2 N–H and O–H groups in total. The molecule has 27 heavy (non-hydrogen) atoms. The summed E-state index contributed by atoms with van der Waals surface area (Å²) in [5.74, 6) is 2.11. The Morgan fingerprint density at radius 3 is 2.67 bits per heavy atom. The SMILES string of the molecule is C=C1CC=C2CCC3(N)C(CCC4(C)C(OC(=C)CC)CCC43)C2(C)CC1. The highest BCUT2D eigenvalue weighted by atomic mass is 16.5. The second-order valence-corrected chi connectivity index (χ2v) is 10.4. The molecule has 0 aromatic heterocycles. The summed E-state index contributed by atoms with van der Waals surface area (Å²) < 4.78 is 6.35. The van der Waals surface area contributed by atoms with Crippen LogP contribution in [0.1, 0.15) is 85.0 Å². The molecule has 4 aliphatic carbocycles. The van der Waals surface area contributed by atoms with E-state index in [0.717, 1.165) is 37.9 Å². The Morgan fingerprint density at radius 1 is 1.15 bits per heavy atom. The summed E-state index contributed by atoms with van der Waals surface area (Å²) in [4.78, 5) is 0. The quantitative estimate of drug-likeness (QED) is 0.469. The van der Waals surface area contributed by atoms with Crippen LogP contribution in [0.3, 0.4) is 0 Å². The number of rotatable bonds is 3. The van der Waals surface area contributed by atoms with Crippen LogP contribution < -0.4 is 5.73 Å². The van der Waals surface area contributed by atoms with Crippen molar-refractivity contribution in [2.24, 2.45) is 28.4 Å². The van der Waals surface area contributed by atoms with Crippen LogP contribution in [0.25, 0.3) is 0 Å². The second-order valence-electron chi connectivity index (χ2n) is 10.4. The standard InChI is InChI=1S/C25H39NO/c1-6-18(3)27-22-10-9-20-24(22,5)15-13-21-23(4)14-11-17(2)7-8-19(23)12-16-25(20,21)26/h8,20-22H,2-3,6-7,9-16,26H2,1,4-5H3. The van der Waals surface area contributed by atoms with Gasteiger partial charge in [-0.15, -0.1) is 0 Å². The van der Waals surface area contributed by atoms with Crippen molar-refractivity contribution in [3.63, 3.8) is 0 Å². The Balaban J connectivity index is 1.65. The van der Waals surface area contributed by atoms with E-state index in [4.69, 9.17) is 10.5 Å². The first-order valence-electron chi connectivity index (χ1n) is 11.2. The summed E-state index contributed by atoms with van der Waals surface area (Å²) in [6, 6.07) is 0. The highest BCUT2D eigenvalue weighted by Gasteiger charge is 2.64. The lowest BCUT2D eigenvalue weighted by Gasteiger charge is -2.62. The van der Waals surface area contributed by atoms with Crippen molar-refractivity contribution in [3.8, 4) is 0 Å². The predicted octanol–water partition coefficient (Wildman–Crippen LogP) is 6.29. The van der Waals surface area contributed by atoms with Crippen molar-refractivity contribution in [1.82, 2.24) is 0 Å². The number of hydrogen-bond donors (Lipinski definition) is 1. The number of allylic oxidation sites excluding steroid dienone is 4. The Labute approximate surface area is 166 Å². The molecule has 150 valence electrons. The lowest BCUT2D eigenvalue weighted by molar-refractivity contribution is -0.0942. The fraction of sp³-hybridized carbons (Fsp3) is 0.760. The molecule has 0 amide bonds. The average Bonchev–Trinajstić information content (AvgIpc) is 2.88. The number of ether oxygens (including phenoxy) is 1. The van der Waals surface area contributed by atoms with Crippen molar-refractivity contribution in [1.29, 1.82) is 0 Å². The summed E-state index contributed by atoms with van der Waals surface area (Å²) in [5.41, 5.74) is 10.9. The van der Waals surface area contributed by atoms with E-state index >= 15 is 0 Å². The van der Waals surface area contributed by atoms with Gasteiger partial charge in [0.05, 0.1) is 5.76 Å². The van der Waals surface area contributed by atoms with Gasteiger partial charge in [0.15, 0.2) is 0 Å². The minimum absolute atomic E-state index is 0.0452. The van der Waals surface area contributed by atoms with Crippen molar-refractivity contribution in [3.05, 3.63) is 36.1 Å². The lowest BCUT2D eigenvalue weighted by Crippen LogP contribution is -2.66. The molecule has 3 saturated carbocycles. The number of fused-ring (bicyclic) bond motifs is 5. The predicted molar refractivity (Wildman–Crippen MR) is 113 cm³/mol. The van der Waals surface area contributed by atoms with Crippen LogP contribution in [0.2, 0.25) is 0 Å². The molecule has 4 aliphatic rings. The zero-order valence-corrected chi connectivity index (χ0v) is 17.8. The van der Waals surface area contributed by atoms with Crippen LogP contribution in [0.5, 0.6) is 0 Å². The van der Waals surface area contributed by atoms with E-state index in [-0.39, 0.29) is 16.4 Å². The molecule has 2 nitrogen and oxygen atoms in total. The van der Waals surface area contributed by atoms with Crippen LogP contribution in [-0.2, 0) is 4.74 Å². The molecule has 0 aliphatic heterocycles. The minimum atomic E-state index is -0.0452. The third kappa shape index (κ3) is 2.77. The van der Waals surface area contributed by atoms with Gasteiger partial charge in [-0.3, -0.25) is 0 Å². The Morgan fingerprint density at radius 2 is 1.93 bits per heavy atom. The van der Waals surface area contributed by atoms with E-state index in [1.807, 2.05) is 0 Å². The molecular weight excluding hydrogens is 330 g/mol. The van der Waals surface area contributed by atoms with Crippen LogP contribution in [0, 0.1) is 22.7 Å². The van der Waals surface area contributed by atoms with Crippen LogP contribution in [-0.4, -0.2) is 11.6 Å². The molecule has 0 heterocycles. The van der Waals surface area contributed by atoms with Crippen molar-refractivity contribution >= 4 is 0 Å². The van der Waals surface area contributed by atoms with Gasteiger partial charge in [0, 0.05) is 17.4 Å². The monoisotopic (exact) mass is 369 g/mol. The van der Waals surface area contributed by atoms with Gasteiger partial charge in [0.1, 0.15) is 6.10 Å². The molecule has 0 spiro atoms. The second kappa shape index (κ2) is 6.51. The lowest BCUT2D eigenvalue weighted by atomic mass is 9.45. The van der Waals surface area contributed by atoms with E-state index in [0.29, 0.717) is 17.9 Å². The fourth-order valence-corrected chi connectivity index (χ4v) is 7.46. The van der Waals surface area contributed by atoms with Crippen molar-refractivity contribution < 1.29 is 4.74 Å². The Bertz CT molecular complexity index is 678. The molecule has 0 saturated heterocycles. The van der Waals surface area contributed by atoms with Crippen molar-refractivity contribution in [2.75, 3.05) is 0 Å². The first-order chi connectivity index (χ1) is 12.7. The van der Waals surface area contributed by atoms with Crippen molar-refractivity contribution in [2.45, 2.75) is 96.6 Å². The zero-order chi connectivity index (χ0) is 19.4. The first kappa shape index (κ1) is 19.3. The minimum Gasteiger partial charge on any atom is -0.495 e. The normalized spacial score (nSPS) is 46.6. The number of nitrogens with two attached hydrogens (primary N) is 1. The molecule has 4 rings (SSSR count). The maximum Gasteiger partial charge on any atom is 0.104 e. The summed E-state index contributed by atoms with van der Waals surface area (Å²) in [7, 11) is 0. The van der Waals surface area contributed by atoms with E-state index in [1.165, 1.54) is 37.7 Å². The van der Waals surface area contributed by atoms with Crippen LogP contribution in [0.15, 0.2) is 36.1 Å². The van der Waals surface area contributed by atoms with E-state index in [9.17, 15) is 0 Å². The van der Waals surface area contributed by atoms with E-state index in [2.05, 4.69) is 40.0 Å². The Hall–Kier alpha value is -1.02. The fourth-order valence-electron chi connectivity index (χ4n) is 7.46. The van der Waals surface area contributed by atoms with Gasteiger partial charge >= 0.3 is 0 Å². The largest absolute Gasteiger partial charge is 0.495 e. The average molecular weight is 370 g/mol. The van der Waals surface area contributed by atoms with Gasteiger partial charge in [0.25, 0.3) is 0 Å². The summed E-state index contributed by atoms with van der Waals surface area (Å²) in [6.07, 6.45) is 14.3. The third-order valence-electron chi connectivity index (χ3n) is 9.19. The smallest absolute Gasteiger partial charge is 0.104 e. The summed E-state index contributed by atoms with van der Waals surface area (Å²) in [5, 5.41) is 0. The van der Waals surface area contributed by atoms with Gasteiger partial charge in [-0.05, 0) is 75.0 Å².